The van der Waals surface area contributed by atoms with Crippen LogP contribution in [0.25, 0.3) is 0 Å². The molecule has 1 aliphatic carbocycles. The Labute approximate surface area is 167 Å². The number of methoxy groups -OCH3 is 1. The third-order valence-electron chi connectivity index (χ3n) is 6.77. The summed E-state index contributed by atoms with van der Waals surface area (Å²) in [5, 5.41) is 3.67. The summed E-state index contributed by atoms with van der Waals surface area (Å²) in [5.41, 5.74) is -0.135. The molecule has 8 heteroatoms. The molecule has 156 valence electrons. The van der Waals surface area contributed by atoms with Crippen molar-refractivity contribution in [3.63, 3.8) is 0 Å². The molecule has 2 atom stereocenters. The maximum absolute atomic E-state index is 12.3. The molecule has 28 heavy (non-hydrogen) atoms. The van der Waals surface area contributed by atoms with Crippen LogP contribution in [0.4, 0.5) is 5.82 Å². The average molecular weight is 391 g/mol. The fraction of sp³-hybridized carbons (Fsp3) is 0.750. The highest BCUT2D eigenvalue weighted by molar-refractivity contribution is 5.81. The highest BCUT2D eigenvalue weighted by atomic mass is 16.5. The molecule has 1 saturated heterocycles. The fourth-order valence-corrected chi connectivity index (χ4v) is 4.10. The van der Waals surface area contributed by atoms with E-state index in [1.54, 1.807) is 31.1 Å². The van der Waals surface area contributed by atoms with Gasteiger partial charge in [-0.15, -0.1) is 0 Å². The zero-order chi connectivity index (χ0) is 20.5. The molecule has 2 heterocycles. The minimum atomic E-state index is -0.111. The van der Waals surface area contributed by atoms with Crippen molar-refractivity contribution in [2.75, 3.05) is 44.7 Å². The predicted molar refractivity (Wildman–Crippen MR) is 112 cm³/mol. The van der Waals surface area contributed by atoms with Crippen LogP contribution < -0.4 is 15.8 Å². The van der Waals surface area contributed by atoms with Crippen LogP contribution in [0.15, 0.2) is 22.2 Å². The van der Waals surface area contributed by atoms with Gasteiger partial charge in [0, 0.05) is 70.7 Å². The predicted octanol–water partition coefficient (Wildman–Crippen LogP) is 1.07. The molecule has 1 aliphatic heterocycles. The Morgan fingerprint density at radius 1 is 1.32 bits per heavy atom. The van der Waals surface area contributed by atoms with Gasteiger partial charge in [0.25, 0.3) is 5.56 Å². The maximum Gasteiger partial charge on any atom is 0.293 e. The molecule has 0 aromatic carbocycles. The summed E-state index contributed by atoms with van der Waals surface area (Å²) in [6, 6.07) is 0.323. The number of aromatic nitrogens is 2. The molecule has 2 fully saturated rings. The van der Waals surface area contributed by atoms with Crippen molar-refractivity contribution in [2.45, 2.75) is 45.8 Å². The maximum atomic E-state index is 12.3. The van der Waals surface area contributed by atoms with Crippen LogP contribution in [0, 0.1) is 5.41 Å². The number of piperazine rings is 1. The topological polar surface area (TPSA) is 75.0 Å². The Morgan fingerprint density at radius 3 is 2.57 bits per heavy atom. The van der Waals surface area contributed by atoms with E-state index in [1.165, 1.54) is 0 Å². The first-order valence-electron chi connectivity index (χ1n) is 10.1. The number of hydrogen-bond donors (Lipinski definition) is 1. The Kier molecular flexibility index (Phi) is 5.70. The number of aryl methyl sites for hydroxylation is 1. The van der Waals surface area contributed by atoms with E-state index in [4.69, 9.17) is 9.73 Å². The molecule has 8 nitrogen and oxygen atoms in total. The van der Waals surface area contributed by atoms with Crippen LogP contribution in [0.2, 0.25) is 0 Å². The van der Waals surface area contributed by atoms with Crippen molar-refractivity contribution in [1.29, 1.82) is 0 Å². The number of hydrogen-bond acceptors (Lipinski definition) is 5. The standard InChI is InChI=1S/C20H34N6O2/c1-7-21-18(23-15-14-20(4,28-6)19(15,2)3)26-12-10-25(11-13-26)16-17(27)24(5)9-8-22-16/h8-9,15H,7,10-14H2,1-6H3,(H,21,23). The number of ether oxygens (including phenoxy) is 1. The summed E-state index contributed by atoms with van der Waals surface area (Å²) in [6.07, 6.45) is 4.33. The van der Waals surface area contributed by atoms with Crippen molar-refractivity contribution in [3.8, 4) is 0 Å². The van der Waals surface area contributed by atoms with Crippen LogP contribution in [-0.2, 0) is 11.8 Å². The largest absolute Gasteiger partial charge is 0.378 e. The van der Waals surface area contributed by atoms with E-state index in [2.05, 4.69) is 47.8 Å². The smallest absolute Gasteiger partial charge is 0.293 e. The van der Waals surface area contributed by atoms with Crippen molar-refractivity contribution in [3.05, 3.63) is 22.7 Å². The van der Waals surface area contributed by atoms with Gasteiger partial charge in [-0.2, -0.15) is 0 Å². The zero-order valence-corrected chi connectivity index (χ0v) is 18.0. The molecule has 0 spiro atoms. The van der Waals surface area contributed by atoms with Gasteiger partial charge in [-0.1, -0.05) is 13.8 Å². The van der Waals surface area contributed by atoms with Gasteiger partial charge in [0.2, 0.25) is 0 Å². The van der Waals surface area contributed by atoms with Gasteiger partial charge in [-0.05, 0) is 20.3 Å². The third-order valence-corrected chi connectivity index (χ3v) is 6.77. The Hall–Kier alpha value is -2.09. The Morgan fingerprint density at radius 2 is 2.00 bits per heavy atom. The lowest BCUT2D eigenvalue weighted by Gasteiger charge is -2.59. The summed E-state index contributed by atoms with van der Waals surface area (Å²) >= 11 is 0. The summed E-state index contributed by atoms with van der Waals surface area (Å²) in [7, 11) is 3.55. The molecular formula is C20H34N6O2. The van der Waals surface area contributed by atoms with E-state index in [9.17, 15) is 4.79 Å². The van der Waals surface area contributed by atoms with Gasteiger partial charge >= 0.3 is 0 Å². The highest BCUT2D eigenvalue weighted by Crippen LogP contribution is 2.51. The van der Waals surface area contributed by atoms with Gasteiger partial charge in [0.15, 0.2) is 11.8 Å². The van der Waals surface area contributed by atoms with Crippen LogP contribution in [-0.4, -0.2) is 71.9 Å². The average Bonchev–Trinajstić information content (AvgIpc) is 2.69. The van der Waals surface area contributed by atoms with E-state index in [1.807, 2.05) is 0 Å². The van der Waals surface area contributed by atoms with Crippen molar-refractivity contribution >= 4 is 11.8 Å². The third kappa shape index (κ3) is 3.50. The van der Waals surface area contributed by atoms with Crippen molar-refractivity contribution in [1.82, 2.24) is 19.8 Å². The fourth-order valence-electron chi connectivity index (χ4n) is 4.10. The molecule has 2 unspecified atom stereocenters. The van der Waals surface area contributed by atoms with Gasteiger partial charge < -0.3 is 24.4 Å². The summed E-state index contributed by atoms with van der Waals surface area (Å²) in [4.78, 5) is 25.7. The van der Waals surface area contributed by atoms with Gasteiger partial charge in [0.05, 0.1) is 5.60 Å². The quantitative estimate of drug-likeness (QED) is 0.612. The van der Waals surface area contributed by atoms with Crippen LogP contribution >= 0.6 is 0 Å². The van der Waals surface area contributed by atoms with E-state index < -0.39 is 0 Å². The molecule has 0 amide bonds. The summed E-state index contributed by atoms with van der Waals surface area (Å²) in [5.74, 6) is 1.48. The summed E-state index contributed by atoms with van der Waals surface area (Å²) < 4.78 is 7.33. The first kappa shape index (κ1) is 20.6. The van der Waals surface area contributed by atoms with Crippen LogP contribution in [0.5, 0.6) is 0 Å². The normalized spacial score (nSPS) is 27.5. The number of guanidine groups is 1. The number of anilines is 1. The zero-order valence-electron chi connectivity index (χ0n) is 18.0. The lowest BCUT2D eigenvalue weighted by atomic mass is 9.56. The molecule has 2 aliphatic rings. The summed E-state index contributed by atoms with van der Waals surface area (Å²) in [6.45, 7) is 12.6. The van der Waals surface area contributed by atoms with E-state index in [0.29, 0.717) is 11.9 Å². The molecule has 3 rings (SSSR count). The lowest BCUT2D eigenvalue weighted by Crippen LogP contribution is -2.70. The number of nitrogens with one attached hydrogen (secondary N) is 1. The van der Waals surface area contributed by atoms with Gasteiger partial charge in [0.1, 0.15) is 0 Å². The first-order chi connectivity index (χ1) is 13.2. The van der Waals surface area contributed by atoms with Crippen LogP contribution in [0.3, 0.4) is 0 Å². The second kappa shape index (κ2) is 7.73. The van der Waals surface area contributed by atoms with Crippen molar-refractivity contribution in [2.24, 2.45) is 17.5 Å². The molecule has 1 aromatic heterocycles. The number of nitrogens with zero attached hydrogens (tertiary/aromatic N) is 5. The van der Waals surface area contributed by atoms with Crippen LogP contribution in [0.1, 0.15) is 34.1 Å². The monoisotopic (exact) mass is 390 g/mol. The Balaban J connectivity index is 1.65. The SMILES string of the molecule is CCN=C(NC1CC(C)(OC)C1(C)C)N1CCN(c2nccn(C)c2=O)CC1. The molecule has 0 bridgehead atoms. The van der Waals surface area contributed by atoms with E-state index >= 15 is 0 Å². The first-order valence-corrected chi connectivity index (χ1v) is 10.1. The minimum Gasteiger partial charge on any atom is -0.378 e. The van der Waals surface area contributed by atoms with E-state index in [-0.39, 0.29) is 16.6 Å². The van der Waals surface area contributed by atoms with Gasteiger partial charge in [-0.25, -0.2) is 4.98 Å². The minimum absolute atomic E-state index is 0.0260. The molecule has 1 aromatic rings. The Bertz CT molecular complexity index is 781. The lowest BCUT2D eigenvalue weighted by molar-refractivity contribution is -0.177. The number of rotatable bonds is 4. The van der Waals surface area contributed by atoms with E-state index in [0.717, 1.165) is 45.1 Å². The van der Waals surface area contributed by atoms with Gasteiger partial charge in [-0.3, -0.25) is 9.79 Å². The van der Waals surface area contributed by atoms with Crippen molar-refractivity contribution < 1.29 is 4.74 Å². The molecule has 1 saturated carbocycles. The molecule has 1 N–H and O–H groups in total. The second-order valence-electron chi connectivity index (χ2n) is 8.50. The highest BCUT2D eigenvalue weighted by Gasteiger charge is 2.58. The second-order valence-corrected chi connectivity index (χ2v) is 8.50. The molecule has 0 radical (unpaired) electrons. The molecular weight excluding hydrogens is 356 g/mol. The number of aliphatic imine (C=N–C) groups is 1.